The maximum absolute atomic E-state index is 5.93. The zero-order valence-electron chi connectivity index (χ0n) is 9.00. The summed E-state index contributed by atoms with van der Waals surface area (Å²) in [5.41, 5.74) is 0.0769. The van der Waals surface area contributed by atoms with E-state index in [0.29, 0.717) is 6.61 Å². The Morgan fingerprint density at radius 3 is 2.67 bits per heavy atom. The van der Waals surface area contributed by atoms with Crippen LogP contribution in [0.1, 0.15) is 13.8 Å². The van der Waals surface area contributed by atoms with Gasteiger partial charge < -0.3 is 9.47 Å². The Kier molecular flexibility index (Phi) is 2.91. The zero-order chi connectivity index (χ0) is 10.9. The first kappa shape index (κ1) is 10.8. The average Bonchev–Trinajstić information content (AvgIpc) is 2.28. The van der Waals surface area contributed by atoms with E-state index >= 15 is 0 Å². The first-order valence-corrected chi connectivity index (χ1v) is 6.20. The lowest BCUT2D eigenvalue weighted by Gasteiger charge is -2.36. The van der Waals surface area contributed by atoms with Crippen molar-refractivity contribution in [1.82, 2.24) is 0 Å². The molecule has 0 bridgehead atoms. The van der Waals surface area contributed by atoms with Gasteiger partial charge in [-0.2, -0.15) is 0 Å². The Labute approximate surface area is 98.7 Å². The van der Waals surface area contributed by atoms with Gasteiger partial charge in [0.15, 0.2) is 11.5 Å². The van der Waals surface area contributed by atoms with Crippen molar-refractivity contribution in [2.24, 2.45) is 5.41 Å². The second-order valence-corrected chi connectivity index (χ2v) is 5.05. The van der Waals surface area contributed by atoms with E-state index in [1.165, 1.54) is 0 Å². The maximum atomic E-state index is 5.93. The minimum absolute atomic E-state index is 0.0769. The normalized spacial score (nSPS) is 20.1. The van der Waals surface area contributed by atoms with Gasteiger partial charge in [0.05, 0.1) is 0 Å². The molecule has 2 rings (SSSR count). The fourth-order valence-electron chi connectivity index (χ4n) is 1.49. The molecule has 82 valence electrons. The topological polar surface area (TPSA) is 18.5 Å². The van der Waals surface area contributed by atoms with Crippen LogP contribution in [0.2, 0.25) is 0 Å². The van der Waals surface area contributed by atoms with Gasteiger partial charge in [0.25, 0.3) is 0 Å². The Bertz CT molecular complexity index is 349. The van der Waals surface area contributed by atoms with Gasteiger partial charge in [-0.1, -0.05) is 41.9 Å². The third kappa shape index (κ3) is 2.12. The molecule has 0 aromatic heterocycles. The molecule has 1 aromatic carbocycles. The van der Waals surface area contributed by atoms with Crippen molar-refractivity contribution in [1.29, 1.82) is 0 Å². The smallest absolute Gasteiger partial charge is 0.161 e. The molecule has 2 nitrogen and oxygen atoms in total. The van der Waals surface area contributed by atoms with E-state index in [1.54, 1.807) is 0 Å². The maximum Gasteiger partial charge on any atom is 0.161 e. The molecule has 0 spiro atoms. The number of ether oxygens (including phenoxy) is 2. The van der Waals surface area contributed by atoms with Crippen LogP contribution in [0.5, 0.6) is 11.5 Å². The largest absolute Gasteiger partial charge is 0.486 e. The number of alkyl halides is 1. The summed E-state index contributed by atoms with van der Waals surface area (Å²) in [7, 11) is 0. The Balaban J connectivity index is 2.19. The summed E-state index contributed by atoms with van der Waals surface area (Å²) in [4.78, 5) is 0. The van der Waals surface area contributed by atoms with Gasteiger partial charge in [-0.25, -0.2) is 0 Å². The molecule has 1 atom stereocenters. The lowest BCUT2D eigenvalue weighted by atomic mass is 9.89. The molecule has 0 fully saturated rings. The highest BCUT2D eigenvalue weighted by Crippen LogP contribution is 2.36. The second-order valence-electron chi connectivity index (χ2n) is 4.49. The van der Waals surface area contributed by atoms with Crippen LogP contribution in [-0.4, -0.2) is 18.0 Å². The number of hydrogen-bond donors (Lipinski definition) is 0. The van der Waals surface area contributed by atoms with Crippen molar-refractivity contribution in [3.8, 4) is 11.5 Å². The molecule has 0 saturated heterocycles. The molecule has 1 unspecified atom stereocenters. The van der Waals surface area contributed by atoms with E-state index in [9.17, 15) is 0 Å². The highest BCUT2D eigenvalue weighted by atomic mass is 79.9. The molecular weight excluding hydrogens is 256 g/mol. The van der Waals surface area contributed by atoms with Crippen LogP contribution >= 0.6 is 15.9 Å². The number of benzene rings is 1. The SMILES string of the molecule is CC(C)(CBr)C1COc2ccccc2O1. The molecule has 0 saturated carbocycles. The van der Waals surface area contributed by atoms with E-state index in [0.717, 1.165) is 16.8 Å². The molecule has 15 heavy (non-hydrogen) atoms. The van der Waals surface area contributed by atoms with E-state index in [2.05, 4.69) is 29.8 Å². The predicted molar refractivity (Wildman–Crippen MR) is 63.9 cm³/mol. The molecule has 0 amide bonds. The molecular formula is C12H15BrO2. The molecule has 0 aliphatic carbocycles. The zero-order valence-corrected chi connectivity index (χ0v) is 10.6. The van der Waals surface area contributed by atoms with Crippen LogP contribution in [0, 0.1) is 5.41 Å². The number of para-hydroxylation sites is 2. The van der Waals surface area contributed by atoms with Crippen LogP contribution in [0.25, 0.3) is 0 Å². The van der Waals surface area contributed by atoms with Gasteiger partial charge >= 0.3 is 0 Å². The number of hydrogen-bond acceptors (Lipinski definition) is 2. The lowest BCUT2D eigenvalue weighted by Crippen LogP contribution is -2.42. The number of fused-ring (bicyclic) bond motifs is 1. The molecule has 1 aliphatic heterocycles. The second kappa shape index (κ2) is 4.05. The summed E-state index contributed by atoms with van der Waals surface area (Å²) >= 11 is 3.51. The molecule has 3 heteroatoms. The van der Waals surface area contributed by atoms with Crippen LogP contribution in [-0.2, 0) is 0 Å². The van der Waals surface area contributed by atoms with Crippen molar-refractivity contribution in [3.63, 3.8) is 0 Å². The van der Waals surface area contributed by atoms with Crippen LogP contribution < -0.4 is 9.47 Å². The summed E-state index contributed by atoms with van der Waals surface area (Å²) in [6, 6.07) is 7.81. The highest BCUT2D eigenvalue weighted by Gasteiger charge is 2.34. The first-order chi connectivity index (χ1) is 7.13. The molecule has 0 radical (unpaired) electrons. The summed E-state index contributed by atoms with van der Waals surface area (Å²) < 4.78 is 11.6. The van der Waals surface area contributed by atoms with Gasteiger partial charge in [-0.05, 0) is 12.1 Å². The summed E-state index contributed by atoms with van der Waals surface area (Å²) in [5, 5.41) is 0.899. The first-order valence-electron chi connectivity index (χ1n) is 5.08. The minimum Gasteiger partial charge on any atom is -0.486 e. The van der Waals surface area contributed by atoms with Crippen molar-refractivity contribution < 1.29 is 9.47 Å². The van der Waals surface area contributed by atoms with E-state index in [1.807, 2.05) is 24.3 Å². The van der Waals surface area contributed by atoms with Crippen LogP contribution in [0.4, 0.5) is 0 Å². The van der Waals surface area contributed by atoms with E-state index < -0.39 is 0 Å². The fraction of sp³-hybridized carbons (Fsp3) is 0.500. The monoisotopic (exact) mass is 270 g/mol. The fourth-order valence-corrected chi connectivity index (χ4v) is 1.85. The van der Waals surface area contributed by atoms with E-state index in [-0.39, 0.29) is 11.5 Å². The summed E-state index contributed by atoms with van der Waals surface area (Å²) in [6.45, 7) is 4.96. The van der Waals surface area contributed by atoms with Crippen LogP contribution in [0.15, 0.2) is 24.3 Å². The van der Waals surface area contributed by atoms with Crippen molar-refractivity contribution in [2.45, 2.75) is 20.0 Å². The summed E-state index contributed by atoms with van der Waals surface area (Å²) in [6.07, 6.45) is 0.103. The molecule has 0 N–H and O–H groups in total. The molecule has 1 aliphatic rings. The van der Waals surface area contributed by atoms with Gasteiger partial charge in [0.1, 0.15) is 12.7 Å². The highest BCUT2D eigenvalue weighted by molar-refractivity contribution is 9.09. The third-order valence-electron chi connectivity index (χ3n) is 2.72. The van der Waals surface area contributed by atoms with Gasteiger partial charge in [-0.15, -0.1) is 0 Å². The van der Waals surface area contributed by atoms with Crippen molar-refractivity contribution in [3.05, 3.63) is 24.3 Å². The van der Waals surface area contributed by atoms with Gasteiger partial charge in [-0.3, -0.25) is 0 Å². The number of halogens is 1. The predicted octanol–water partition coefficient (Wildman–Crippen LogP) is 3.25. The van der Waals surface area contributed by atoms with Gasteiger partial charge in [0.2, 0.25) is 0 Å². The number of rotatable bonds is 2. The Morgan fingerprint density at radius 2 is 2.00 bits per heavy atom. The standard InChI is InChI=1S/C12H15BrO2/c1-12(2,8-13)11-7-14-9-5-3-4-6-10(9)15-11/h3-6,11H,7-8H2,1-2H3. The summed E-state index contributed by atoms with van der Waals surface area (Å²) in [5.74, 6) is 1.70. The van der Waals surface area contributed by atoms with E-state index in [4.69, 9.17) is 9.47 Å². The molecule has 1 heterocycles. The van der Waals surface area contributed by atoms with Crippen molar-refractivity contribution >= 4 is 15.9 Å². The average molecular weight is 271 g/mol. The van der Waals surface area contributed by atoms with Crippen molar-refractivity contribution in [2.75, 3.05) is 11.9 Å². The molecule has 1 aromatic rings. The Hall–Kier alpha value is -0.700. The lowest BCUT2D eigenvalue weighted by molar-refractivity contribution is 0.0192. The van der Waals surface area contributed by atoms with Crippen LogP contribution in [0.3, 0.4) is 0 Å². The Morgan fingerprint density at radius 1 is 1.33 bits per heavy atom. The van der Waals surface area contributed by atoms with Gasteiger partial charge in [0, 0.05) is 10.7 Å². The minimum atomic E-state index is 0.0769. The quantitative estimate of drug-likeness (QED) is 0.769. The third-order valence-corrected chi connectivity index (χ3v) is 4.17.